The Balaban J connectivity index is 3.75. The van der Waals surface area contributed by atoms with Crippen molar-refractivity contribution in [3.05, 3.63) is 0 Å². The van der Waals surface area contributed by atoms with Crippen molar-refractivity contribution in [2.45, 2.75) is 20.7 Å². The lowest BCUT2D eigenvalue weighted by Gasteiger charge is -2.24. The van der Waals surface area contributed by atoms with Gasteiger partial charge in [-0.2, -0.15) is 50.5 Å². The number of thiol groups is 4. The normalized spacial score (nSPS) is 14.0. The Morgan fingerprint density at radius 3 is 1.11 bits per heavy atom. The summed E-state index contributed by atoms with van der Waals surface area (Å²) in [5.74, 6) is 0. The molecule has 0 fully saturated rings. The van der Waals surface area contributed by atoms with Crippen LogP contribution in [0, 0.1) is 0 Å². The molecule has 0 saturated carbocycles. The minimum Gasteiger partial charge on any atom is -0.151 e. The van der Waals surface area contributed by atoms with Gasteiger partial charge in [0.1, 0.15) is 6.82 Å². The molecule has 0 aliphatic carbocycles. The van der Waals surface area contributed by atoms with Crippen LogP contribution in [-0.2, 0) is 0 Å². The van der Waals surface area contributed by atoms with E-state index in [-0.39, 0.29) is 6.82 Å². The fourth-order valence-corrected chi connectivity index (χ4v) is 4.15. The average Bonchev–Trinajstić information content (AvgIpc) is 1.14. The van der Waals surface area contributed by atoms with E-state index in [1.165, 1.54) is 11.8 Å². The van der Waals surface area contributed by atoms with E-state index in [4.69, 9.17) is 0 Å². The average molecular weight is 218 g/mol. The second-order valence-corrected chi connectivity index (χ2v) is 9.30. The molecule has 0 N–H and O–H groups in total. The van der Waals surface area contributed by atoms with E-state index in [0.29, 0.717) is 0 Å². The number of hydrogen-bond donors (Lipinski definition) is 4. The molecule has 0 bridgehead atoms. The molecule has 9 heavy (non-hydrogen) atoms. The van der Waals surface area contributed by atoms with Crippen LogP contribution in [-0.4, -0.2) is 6.82 Å². The van der Waals surface area contributed by atoms with Crippen LogP contribution in [0.25, 0.3) is 0 Å². The van der Waals surface area contributed by atoms with Gasteiger partial charge >= 0.3 is 0 Å². The molecule has 0 amide bonds. The third kappa shape index (κ3) is 9.75. The summed E-state index contributed by atoms with van der Waals surface area (Å²) in [5.41, 5.74) is 0. The van der Waals surface area contributed by atoms with Crippen LogP contribution in [0.1, 0.15) is 13.8 Å². The summed E-state index contributed by atoms with van der Waals surface area (Å²) in [6, 6.07) is 0. The van der Waals surface area contributed by atoms with Gasteiger partial charge in [-0.1, -0.05) is 0 Å². The Kier molecular flexibility index (Phi) is 4.10. The number of thioether (sulfide) groups is 1. The van der Waals surface area contributed by atoms with Crippen molar-refractivity contribution in [3.8, 4) is 0 Å². The van der Waals surface area contributed by atoms with Crippen LogP contribution in [0.4, 0.5) is 0 Å². The molecule has 0 spiro atoms. The highest BCUT2D eigenvalue weighted by Crippen LogP contribution is 2.45. The van der Waals surface area contributed by atoms with Crippen molar-refractivity contribution >= 4 is 62.3 Å². The maximum absolute atomic E-state index is 4.18. The first kappa shape index (κ1) is 10.8. The fraction of sp³-hybridized carbons (Fsp3) is 1.00. The highest BCUT2D eigenvalue weighted by atomic mass is 32.3. The summed E-state index contributed by atoms with van der Waals surface area (Å²) in [5, 5.41) is 0. The summed E-state index contributed by atoms with van der Waals surface area (Å²) in [6.45, 7) is 3.77. The van der Waals surface area contributed by atoms with E-state index in [2.05, 4.69) is 50.5 Å². The van der Waals surface area contributed by atoms with Crippen molar-refractivity contribution in [1.82, 2.24) is 0 Å². The topological polar surface area (TPSA) is 0 Å². The molecule has 0 aliphatic rings. The largest absolute Gasteiger partial charge is 0.151 e. The van der Waals surface area contributed by atoms with Crippen LogP contribution in [0.3, 0.4) is 0 Å². The van der Waals surface area contributed by atoms with Gasteiger partial charge in [0.25, 0.3) is 0 Å². The van der Waals surface area contributed by atoms with Gasteiger partial charge in [-0.05, 0) is 13.8 Å². The molecule has 0 unspecified atom stereocenters. The monoisotopic (exact) mass is 218 g/mol. The Labute approximate surface area is 82.6 Å². The van der Waals surface area contributed by atoms with Gasteiger partial charge < -0.3 is 0 Å². The van der Waals surface area contributed by atoms with E-state index in [0.717, 1.165) is 0 Å². The quantitative estimate of drug-likeness (QED) is 0.408. The van der Waals surface area contributed by atoms with Crippen molar-refractivity contribution in [1.29, 1.82) is 0 Å². The standard InChI is InChI=1S/C4H10S5/c1-3(5,6)9-4(2,7)8/h5-8H,1-2H3. The van der Waals surface area contributed by atoms with Crippen molar-refractivity contribution in [3.63, 3.8) is 0 Å². The van der Waals surface area contributed by atoms with Gasteiger partial charge in [0.2, 0.25) is 0 Å². The third-order valence-electron chi connectivity index (χ3n) is 0.387. The van der Waals surface area contributed by atoms with Crippen LogP contribution in [0.15, 0.2) is 0 Å². The van der Waals surface area contributed by atoms with Gasteiger partial charge in [0, 0.05) is 0 Å². The van der Waals surface area contributed by atoms with Crippen LogP contribution >= 0.6 is 62.3 Å². The molecule has 0 heterocycles. The molecule has 0 aliphatic heterocycles. The van der Waals surface area contributed by atoms with Gasteiger partial charge in [0.15, 0.2) is 0 Å². The molecule has 0 aromatic heterocycles. The zero-order valence-electron chi connectivity index (χ0n) is 5.20. The Morgan fingerprint density at radius 2 is 1.11 bits per heavy atom. The number of rotatable bonds is 2. The molecule has 0 rings (SSSR count). The van der Waals surface area contributed by atoms with E-state index in [9.17, 15) is 0 Å². The van der Waals surface area contributed by atoms with Crippen LogP contribution in [0.2, 0.25) is 0 Å². The molecule has 0 nitrogen and oxygen atoms in total. The third-order valence-corrected chi connectivity index (χ3v) is 2.26. The predicted molar refractivity (Wildman–Crippen MR) is 60.3 cm³/mol. The zero-order chi connectivity index (χ0) is 7.71. The maximum atomic E-state index is 4.18. The predicted octanol–water partition coefficient (Wildman–Crippen LogP) is 2.79. The Hall–Kier alpha value is 1.75. The van der Waals surface area contributed by atoms with Crippen molar-refractivity contribution in [2.75, 3.05) is 0 Å². The van der Waals surface area contributed by atoms with Crippen LogP contribution in [0.5, 0.6) is 0 Å². The molecule has 0 radical (unpaired) electrons. The minimum atomic E-state index is -0.363. The lowest BCUT2D eigenvalue weighted by Crippen LogP contribution is -2.10. The fourth-order valence-electron chi connectivity index (χ4n) is 0.366. The molecular formula is C4H10S5. The van der Waals surface area contributed by atoms with E-state index >= 15 is 0 Å². The summed E-state index contributed by atoms with van der Waals surface area (Å²) in [7, 11) is 0. The molecule has 0 saturated heterocycles. The summed E-state index contributed by atoms with van der Waals surface area (Å²) >= 11 is 18.2. The molecule has 0 atom stereocenters. The molecule has 0 aromatic rings. The smallest absolute Gasteiger partial charge is 0.100 e. The first-order valence-electron chi connectivity index (χ1n) is 2.30. The van der Waals surface area contributed by atoms with E-state index in [1.54, 1.807) is 0 Å². The Morgan fingerprint density at radius 1 is 0.889 bits per heavy atom. The van der Waals surface area contributed by atoms with Gasteiger partial charge in [-0.15, -0.1) is 11.8 Å². The first-order valence-corrected chi connectivity index (χ1v) is 4.91. The molecule has 0 aromatic carbocycles. The minimum absolute atomic E-state index is 0.363. The van der Waals surface area contributed by atoms with E-state index in [1.807, 2.05) is 13.8 Å². The van der Waals surface area contributed by atoms with E-state index < -0.39 is 0 Å². The molecule has 56 valence electrons. The summed E-state index contributed by atoms with van der Waals surface area (Å²) in [6.07, 6.45) is 0. The SMILES string of the molecule is CC(S)(S)SC(C)(S)S. The second kappa shape index (κ2) is 3.43. The highest BCUT2D eigenvalue weighted by molar-refractivity contribution is 8.33. The lowest BCUT2D eigenvalue weighted by atomic mass is 10.9. The van der Waals surface area contributed by atoms with Crippen molar-refractivity contribution in [2.24, 2.45) is 0 Å². The zero-order valence-corrected chi connectivity index (χ0v) is 9.59. The first-order chi connectivity index (χ1) is 3.71. The number of hydrogen-bond acceptors (Lipinski definition) is 5. The molecular weight excluding hydrogens is 208 g/mol. The maximum Gasteiger partial charge on any atom is 0.100 e. The van der Waals surface area contributed by atoms with Gasteiger partial charge in [-0.3, -0.25) is 0 Å². The van der Waals surface area contributed by atoms with Gasteiger partial charge in [-0.25, -0.2) is 0 Å². The highest BCUT2D eigenvalue weighted by Gasteiger charge is 2.24. The lowest BCUT2D eigenvalue weighted by molar-refractivity contribution is 1.28. The van der Waals surface area contributed by atoms with Crippen molar-refractivity contribution < 1.29 is 0 Å². The van der Waals surface area contributed by atoms with Gasteiger partial charge in [0.05, 0.1) is 0 Å². The molecule has 5 heteroatoms. The summed E-state index contributed by atoms with van der Waals surface area (Å²) < 4.78 is -0.726. The Bertz CT molecular complexity index is 74.1. The van der Waals surface area contributed by atoms with Crippen LogP contribution < -0.4 is 0 Å². The second-order valence-electron chi connectivity index (χ2n) is 1.97. The summed E-state index contributed by atoms with van der Waals surface area (Å²) in [4.78, 5) is 0.